The van der Waals surface area contributed by atoms with Crippen molar-refractivity contribution in [2.45, 2.75) is 19.4 Å². The molecule has 3 rings (SSSR count). The number of hydrogen-bond donors (Lipinski definition) is 3. The third-order valence-corrected chi connectivity index (χ3v) is 4.16. The minimum Gasteiger partial charge on any atom is -0.497 e. The molecule has 2 aromatic carbocycles. The van der Waals surface area contributed by atoms with Crippen molar-refractivity contribution in [2.24, 2.45) is 5.10 Å². The number of anilines is 1. The Kier molecular flexibility index (Phi) is 5.53. The summed E-state index contributed by atoms with van der Waals surface area (Å²) in [6.45, 7) is 1.95. The molecule has 0 bridgehead atoms. The van der Waals surface area contributed by atoms with Gasteiger partial charge in [0.25, 0.3) is 5.91 Å². The molecule has 1 atom stereocenters. The van der Waals surface area contributed by atoms with Gasteiger partial charge in [-0.3, -0.25) is 4.79 Å². The fourth-order valence-corrected chi connectivity index (χ4v) is 2.69. The molecule has 6 heteroatoms. The highest BCUT2D eigenvalue weighted by Gasteiger charge is 2.15. The molecule has 0 aliphatic rings. The Bertz CT molecular complexity index is 900. The third kappa shape index (κ3) is 4.03. The maximum atomic E-state index is 12.4. The maximum Gasteiger partial charge on any atom is 0.262 e. The first-order valence-electron chi connectivity index (χ1n) is 8.51. The highest BCUT2D eigenvalue weighted by molar-refractivity contribution is 5.99. The van der Waals surface area contributed by atoms with Crippen molar-refractivity contribution < 1.29 is 9.53 Å². The molecule has 0 saturated heterocycles. The minimum atomic E-state index is -0.372. The number of methoxy groups -OCH3 is 1. The van der Waals surface area contributed by atoms with Gasteiger partial charge in [-0.2, -0.15) is 5.10 Å². The quantitative estimate of drug-likeness (QED) is 0.451. The Labute approximate surface area is 152 Å². The van der Waals surface area contributed by atoms with Gasteiger partial charge in [0.1, 0.15) is 11.8 Å². The summed E-state index contributed by atoms with van der Waals surface area (Å²) in [5.41, 5.74) is 5.43. The van der Waals surface area contributed by atoms with E-state index in [0.717, 1.165) is 27.9 Å². The number of benzene rings is 2. The lowest BCUT2D eigenvalue weighted by atomic mass is 10.2. The van der Waals surface area contributed by atoms with Gasteiger partial charge in [0.05, 0.1) is 13.3 Å². The van der Waals surface area contributed by atoms with Crippen LogP contribution in [-0.2, 0) is 4.79 Å². The molecule has 0 aliphatic heterocycles. The molecule has 3 aromatic rings. The number of carbonyl (C=O) groups is 1. The van der Waals surface area contributed by atoms with Gasteiger partial charge in [0.2, 0.25) is 0 Å². The van der Waals surface area contributed by atoms with E-state index < -0.39 is 0 Å². The van der Waals surface area contributed by atoms with E-state index in [1.54, 1.807) is 13.3 Å². The molecule has 1 amide bonds. The molecular weight excluding hydrogens is 328 g/mol. The van der Waals surface area contributed by atoms with E-state index in [2.05, 4.69) is 20.8 Å². The lowest BCUT2D eigenvalue weighted by molar-refractivity contribution is -0.121. The number of nitrogens with zero attached hydrogens (tertiary/aromatic N) is 1. The molecule has 134 valence electrons. The van der Waals surface area contributed by atoms with Crippen LogP contribution in [0.2, 0.25) is 0 Å². The number of para-hydroxylation sites is 1. The summed E-state index contributed by atoms with van der Waals surface area (Å²) >= 11 is 0. The lowest BCUT2D eigenvalue weighted by Crippen LogP contribution is -2.36. The molecule has 0 spiro atoms. The summed E-state index contributed by atoms with van der Waals surface area (Å²) in [6.07, 6.45) is 4.16. The van der Waals surface area contributed by atoms with Crippen LogP contribution in [0.25, 0.3) is 10.9 Å². The van der Waals surface area contributed by atoms with Crippen LogP contribution in [0.3, 0.4) is 0 Å². The summed E-state index contributed by atoms with van der Waals surface area (Å²) in [5.74, 6) is 0.593. The van der Waals surface area contributed by atoms with Crippen LogP contribution >= 0.6 is 0 Å². The maximum absolute atomic E-state index is 12.4. The second-order valence-corrected chi connectivity index (χ2v) is 5.86. The number of hydrogen-bond acceptors (Lipinski definition) is 4. The summed E-state index contributed by atoms with van der Waals surface area (Å²) in [6, 6.07) is 15.0. The van der Waals surface area contributed by atoms with Gasteiger partial charge in [-0.05, 0) is 36.8 Å². The van der Waals surface area contributed by atoms with E-state index >= 15 is 0 Å². The van der Waals surface area contributed by atoms with E-state index in [-0.39, 0.29) is 11.9 Å². The van der Waals surface area contributed by atoms with Crippen molar-refractivity contribution in [2.75, 3.05) is 12.4 Å². The third-order valence-electron chi connectivity index (χ3n) is 4.16. The van der Waals surface area contributed by atoms with Crippen molar-refractivity contribution in [3.63, 3.8) is 0 Å². The smallest absolute Gasteiger partial charge is 0.262 e. The highest BCUT2D eigenvalue weighted by atomic mass is 16.5. The van der Waals surface area contributed by atoms with Crippen LogP contribution in [0, 0.1) is 0 Å². The van der Waals surface area contributed by atoms with Crippen LogP contribution in [0.4, 0.5) is 5.69 Å². The van der Waals surface area contributed by atoms with Gasteiger partial charge in [0, 0.05) is 28.4 Å². The zero-order valence-corrected chi connectivity index (χ0v) is 14.8. The zero-order valence-electron chi connectivity index (χ0n) is 14.8. The first-order valence-corrected chi connectivity index (χ1v) is 8.51. The average molecular weight is 350 g/mol. The number of amides is 1. The van der Waals surface area contributed by atoms with Crippen LogP contribution in [0.5, 0.6) is 5.75 Å². The second kappa shape index (κ2) is 8.20. The van der Waals surface area contributed by atoms with Crippen molar-refractivity contribution in [3.8, 4) is 5.75 Å². The Morgan fingerprint density at radius 3 is 2.73 bits per heavy atom. The molecule has 0 radical (unpaired) electrons. The molecule has 3 N–H and O–H groups in total. The van der Waals surface area contributed by atoms with E-state index in [0.29, 0.717) is 6.42 Å². The number of carbonyl (C=O) groups excluding carboxylic acids is 1. The van der Waals surface area contributed by atoms with Gasteiger partial charge in [-0.1, -0.05) is 25.1 Å². The minimum absolute atomic E-state index is 0.181. The number of aromatic nitrogens is 1. The van der Waals surface area contributed by atoms with E-state index in [1.807, 2.05) is 61.7 Å². The van der Waals surface area contributed by atoms with Gasteiger partial charge in [0.15, 0.2) is 0 Å². The van der Waals surface area contributed by atoms with Crippen molar-refractivity contribution >= 4 is 28.7 Å². The van der Waals surface area contributed by atoms with E-state index in [1.165, 1.54) is 0 Å². The Morgan fingerprint density at radius 1 is 1.23 bits per heavy atom. The van der Waals surface area contributed by atoms with Crippen LogP contribution in [-0.4, -0.2) is 30.3 Å². The number of hydrazone groups is 1. The number of aromatic amines is 1. The number of H-pyrrole nitrogens is 1. The molecule has 26 heavy (non-hydrogen) atoms. The van der Waals surface area contributed by atoms with Gasteiger partial charge in [-0.25, -0.2) is 5.43 Å². The standard InChI is InChI=1S/C20H22N4O2/c1-3-18(23-15-8-10-16(26-2)11-9-15)20(25)24-22-13-14-12-21-19-7-5-4-6-17(14)19/h4-13,18,21,23H,3H2,1-2H3,(H,24,25)/t18-/m0/s1. The first kappa shape index (κ1) is 17.5. The van der Waals surface area contributed by atoms with Gasteiger partial charge >= 0.3 is 0 Å². The van der Waals surface area contributed by atoms with Gasteiger partial charge < -0.3 is 15.0 Å². The van der Waals surface area contributed by atoms with Crippen LogP contribution in [0.15, 0.2) is 59.8 Å². The van der Waals surface area contributed by atoms with Crippen LogP contribution < -0.4 is 15.5 Å². The molecule has 0 fully saturated rings. The lowest BCUT2D eigenvalue weighted by Gasteiger charge is -2.16. The van der Waals surface area contributed by atoms with E-state index in [9.17, 15) is 4.79 Å². The Balaban J connectivity index is 1.61. The average Bonchev–Trinajstić information content (AvgIpc) is 3.09. The van der Waals surface area contributed by atoms with Crippen molar-refractivity contribution in [1.82, 2.24) is 10.4 Å². The fourth-order valence-electron chi connectivity index (χ4n) is 2.69. The van der Waals surface area contributed by atoms with Crippen molar-refractivity contribution in [1.29, 1.82) is 0 Å². The molecule has 1 aromatic heterocycles. The monoisotopic (exact) mass is 350 g/mol. The molecule has 6 nitrogen and oxygen atoms in total. The van der Waals surface area contributed by atoms with Gasteiger partial charge in [-0.15, -0.1) is 0 Å². The number of nitrogens with one attached hydrogen (secondary N) is 3. The molecule has 0 saturated carbocycles. The number of ether oxygens (including phenoxy) is 1. The normalized spacial score (nSPS) is 12.2. The summed E-state index contributed by atoms with van der Waals surface area (Å²) < 4.78 is 5.14. The molecule has 0 unspecified atom stereocenters. The SMILES string of the molecule is CC[C@H](Nc1ccc(OC)cc1)C(=O)NN=Cc1c[nH]c2ccccc12. The zero-order chi connectivity index (χ0) is 18.4. The molecule has 0 aliphatic carbocycles. The molecule has 1 heterocycles. The number of rotatable bonds is 7. The van der Waals surface area contributed by atoms with Crippen LogP contribution in [0.1, 0.15) is 18.9 Å². The Hall–Kier alpha value is -3.28. The topological polar surface area (TPSA) is 78.5 Å². The summed E-state index contributed by atoms with van der Waals surface area (Å²) in [5, 5.41) is 8.37. The van der Waals surface area contributed by atoms with Crippen molar-refractivity contribution in [3.05, 3.63) is 60.3 Å². The summed E-state index contributed by atoms with van der Waals surface area (Å²) in [7, 11) is 1.62. The second-order valence-electron chi connectivity index (χ2n) is 5.86. The number of fused-ring (bicyclic) bond motifs is 1. The Morgan fingerprint density at radius 2 is 2.00 bits per heavy atom. The largest absolute Gasteiger partial charge is 0.497 e. The summed E-state index contributed by atoms with van der Waals surface area (Å²) in [4.78, 5) is 15.5. The highest BCUT2D eigenvalue weighted by Crippen LogP contribution is 2.17. The first-order chi connectivity index (χ1) is 12.7. The molecular formula is C20H22N4O2. The predicted octanol–water partition coefficient (Wildman–Crippen LogP) is 3.52. The van der Waals surface area contributed by atoms with E-state index in [4.69, 9.17) is 4.74 Å². The predicted molar refractivity (Wildman–Crippen MR) is 105 cm³/mol. The fraction of sp³-hybridized carbons (Fsp3) is 0.200.